The topological polar surface area (TPSA) is 52.6 Å². The second kappa shape index (κ2) is 7.65. The van der Waals surface area contributed by atoms with Crippen LogP contribution < -0.4 is 4.74 Å². The minimum Gasteiger partial charge on any atom is -0.484 e. The standard InChI is InChI=1S/C20H15IO4/c1-24-20(23)16-8-9-19(17(21)11-16)25-12-18(22)15-7-6-13-4-2-3-5-14(13)10-15/h2-11H,12H2,1H3. The Labute approximate surface area is 158 Å². The third-order valence-corrected chi connectivity index (χ3v) is 4.63. The van der Waals surface area contributed by atoms with E-state index in [9.17, 15) is 9.59 Å². The molecule has 0 unspecified atom stereocenters. The fraction of sp³-hybridized carbons (Fsp3) is 0.100. The van der Waals surface area contributed by atoms with Crippen LogP contribution in [0.1, 0.15) is 20.7 Å². The van der Waals surface area contributed by atoms with Crippen molar-refractivity contribution in [2.24, 2.45) is 0 Å². The fourth-order valence-corrected chi connectivity index (χ4v) is 3.12. The number of methoxy groups -OCH3 is 1. The van der Waals surface area contributed by atoms with Gasteiger partial charge in [-0.25, -0.2) is 4.79 Å². The molecule has 0 saturated carbocycles. The van der Waals surface area contributed by atoms with Gasteiger partial charge in [-0.3, -0.25) is 4.79 Å². The molecule has 126 valence electrons. The highest BCUT2D eigenvalue weighted by atomic mass is 127. The molecule has 5 heteroatoms. The van der Waals surface area contributed by atoms with Crippen molar-refractivity contribution in [2.75, 3.05) is 13.7 Å². The lowest BCUT2D eigenvalue weighted by atomic mass is 10.0. The third-order valence-electron chi connectivity index (χ3n) is 3.78. The molecule has 3 aromatic carbocycles. The summed E-state index contributed by atoms with van der Waals surface area (Å²) in [7, 11) is 1.34. The van der Waals surface area contributed by atoms with E-state index in [-0.39, 0.29) is 12.4 Å². The van der Waals surface area contributed by atoms with Crippen LogP contribution in [0, 0.1) is 3.57 Å². The number of hydrogen-bond acceptors (Lipinski definition) is 4. The molecule has 0 spiro atoms. The van der Waals surface area contributed by atoms with Crippen LogP contribution in [0.3, 0.4) is 0 Å². The average molecular weight is 446 g/mol. The first-order chi connectivity index (χ1) is 12.1. The number of fused-ring (bicyclic) bond motifs is 1. The Morgan fingerprint density at radius 3 is 2.36 bits per heavy atom. The molecule has 0 aliphatic carbocycles. The van der Waals surface area contributed by atoms with Crippen molar-refractivity contribution in [2.45, 2.75) is 0 Å². The minimum atomic E-state index is -0.406. The summed E-state index contributed by atoms with van der Waals surface area (Å²) in [5.41, 5.74) is 1.06. The number of ketones is 1. The Morgan fingerprint density at radius 1 is 0.920 bits per heavy atom. The molecule has 3 aromatic rings. The van der Waals surface area contributed by atoms with E-state index in [1.54, 1.807) is 24.3 Å². The smallest absolute Gasteiger partial charge is 0.337 e. The zero-order chi connectivity index (χ0) is 17.8. The third kappa shape index (κ3) is 3.99. The molecule has 0 radical (unpaired) electrons. The molecule has 0 aromatic heterocycles. The van der Waals surface area contributed by atoms with Gasteiger partial charge in [0.15, 0.2) is 12.4 Å². The molecule has 0 amide bonds. The van der Waals surface area contributed by atoms with Gasteiger partial charge in [0.05, 0.1) is 16.2 Å². The molecule has 0 saturated heterocycles. The largest absolute Gasteiger partial charge is 0.484 e. The summed E-state index contributed by atoms with van der Waals surface area (Å²) in [6.45, 7) is -0.0636. The minimum absolute atomic E-state index is 0.0636. The van der Waals surface area contributed by atoms with Crippen molar-refractivity contribution in [1.82, 2.24) is 0 Å². The van der Waals surface area contributed by atoms with Gasteiger partial charge < -0.3 is 9.47 Å². The molecule has 3 rings (SSSR count). The van der Waals surface area contributed by atoms with Gasteiger partial charge in [-0.1, -0.05) is 36.4 Å². The van der Waals surface area contributed by atoms with Gasteiger partial charge >= 0.3 is 5.97 Å². The van der Waals surface area contributed by atoms with Gasteiger partial charge in [0.25, 0.3) is 0 Å². The molecular formula is C20H15IO4. The molecule has 0 N–H and O–H groups in total. The van der Waals surface area contributed by atoms with Crippen LogP contribution in [-0.4, -0.2) is 25.5 Å². The van der Waals surface area contributed by atoms with Crippen LogP contribution in [0.5, 0.6) is 5.75 Å². The van der Waals surface area contributed by atoms with Gasteiger partial charge in [0.1, 0.15) is 5.75 Å². The number of carbonyl (C=O) groups excluding carboxylic acids is 2. The zero-order valence-corrected chi connectivity index (χ0v) is 15.6. The molecule has 0 aliphatic heterocycles. The molecule has 0 atom stereocenters. The quantitative estimate of drug-likeness (QED) is 0.329. The lowest BCUT2D eigenvalue weighted by Gasteiger charge is -2.09. The molecule has 25 heavy (non-hydrogen) atoms. The van der Waals surface area contributed by atoms with Crippen molar-refractivity contribution >= 4 is 45.1 Å². The maximum Gasteiger partial charge on any atom is 0.337 e. The summed E-state index contributed by atoms with van der Waals surface area (Å²) in [6.07, 6.45) is 0. The second-order valence-corrected chi connectivity index (χ2v) is 6.57. The van der Waals surface area contributed by atoms with Gasteiger partial charge in [-0.15, -0.1) is 0 Å². The monoisotopic (exact) mass is 446 g/mol. The molecule has 0 fully saturated rings. The highest BCUT2D eigenvalue weighted by molar-refractivity contribution is 14.1. The summed E-state index contributed by atoms with van der Waals surface area (Å²) in [5, 5.41) is 2.11. The number of halogens is 1. The highest BCUT2D eigenvalue weighted by Crippen LogP contribution is 2.23. The summed E-state index contributed by atoms with van der Waals surface area (Å²) >= 11 is 2.06. The van der Waals surface area contributed by atoms with Crippen molar-refractivity contribution in [3.63, 3.8) is 0 Å². The Morgan fingerprint density at radius 2 is 1.64 bits per heavy atom. The molecular weight excluding hydrogens is 431 g/mol. The Kier molecular flexibility index (Phi) is 5.33. The van der Waals surface area contributed by atoms with Crippen molar-refractivity contribution in [3.8, 4) is 5.75 Å². The van der Waals surface area contributed by atoms with Gasteiger partial charge in [0.2, 0.25) is 0 Å². The van der Waals surface area contributed by atoms with Crippen molar-refractivity contribution < 1.29 is 19.1 Å². The lowest BCUT2D eigenvalue weighted by Crippen LogP contribution is -2.12. The first-order valence-corrected chi connectivity index (χ1v) is 8.69. The van der Waals surface area contributed by atoms with Gasteiger partial charge in [-0.05, 0) is 57.6 Å². The number of benzene rings is 3. The van der Waals surface area contributed by atoms with E-state index in [2.05, 4.69) is 27.3 Å². The van der Waals surface area contributed by atoms with Crippen LogP contribution in [-0.2, 0) is 4.74 Å². The van der Waals surface area contributed by atoms with Crippen LogP contribution in [0.2, 0.25) is 0 Å². The Bertz CT molecular complexity index is 949. The first kappa shape index (κ1) is 17.4. The van der Waals surface area contributed by atoms with E-state index >= 15 is 0 Å². The van der Waals surface area contributed by atoms with E-state index in [1.807, 2.05) is 36.4 Å². The van der Waals surface area contributed by atoms with E-state index in [1.165, 1.54) is 7.11 Å². The average Bonchev–Trinajstić information content (AvgIpc) is 2.65. The fourth-order valence-electron chi connectivity index (χ4n) is 2.45. The maximum absolute atomic E-state index is 12.4. The van der Waals surface area contributed by atoms with E-state index < -0.39 is 5.97 Å². The van der Waals surface area contributed by atoms with Crippen molar-refractivity contribution in [1.29, 1.82) is 0 Å². The van der Waals surface area contributed by atoms with Crippen LogP contribution in [0.25, 0.3) is 10.8 Å². The number of ether oxygens (including phenoxy) is 2. The Balaban J connectivity index is 1.72. The zero-order valence-electron chi connectivity index (χ0n) is 13.5. The SMILES string of the molecule is COC(=O)c1ccc(OCC(=O)c2ccc3ccccc3c2)c(I)c1. The van der Waals surface area contributed by atoms with E-state index in [4.69, 9.17) is 4.74 Å². The summed E-state index contributed by atoms with van der Waals surface area (Å²) in [4.78, 5) is 23.9. The summed E-state index contributed by atoms with van der Waals surface area (Å²) in [5.74, 6) is 0.0534. The van der Waals surface area contributed by atoms with E-state index in [0.717, 1.165) is 14.3 Å². The predicted molar refractivity (Wildman–Crippen MR) is 104 cm³/mol. The molecule has 0 aliphatic rings. The van der Waals surface area contributed by atoms with Gasteiger partial charge in [0, 0.05) is 5.56 Å². The Hall–Kier alpha value is -2.41. The predicted octanol–water partition coefficient (Wildman–Crippen LogP) is 4.49. The second-order valence-electron chi connectivity index (χ2n) is 5.41. The van der Waals surface area contributed by atoms with Crippen LogP contribution in [0.4, 0.5) is 0 Å². The number of hydrogen-bond donors (Lipinski definition) is 0. The number of esters is 1. The van der Waals surface area contributed by atoms with Crippen LogP contribution >= 0.6 is 22.6 Å². The van der Waals surface area contributed by atoms with Gasteiger partial charge in [-0.2, -0.15) is 0 Å². The number of Topliss-reactive ketones (excluding diaryl/α,β-unsaturated/α-hetero) is 1. The summed E-state index contributed by atoms with van der Waals surface area (Å²) in [6, 6.07) is 18.4. The molecule has 0 heterocycles. The summed E-state index contributed by atoms with van der Waals surface area (Å²) < 4.78 is 11.1. The van der Waals surface area contributed by atoms with E-state index in [0.29, 0.717) is 16.9 Å². The lowest BCUT2D eigenvalue weighted by molar-refractivity contribution is 0.0600. The molecule has 0 bridgehead atoms. The highest BCUT2D eigenvalue weighted by Gasteiger charge is 2.12. The maximum atomic E-state index is 12.4. The number of rotatable bonds is 5. The first-order valence-electron chi connectivity index (χ1n) is 7.61. The number of carbonyl (C=O) groups is 2. The van der Waals surface area contributed by atoms with Crippen LogP contribution in [0.15, 0.2) is 60.7 Å². The van der Waals surface area contributed by atoms with Crippen molar-refractivity contribution in [3.05, 3.63) is 75.4 Å². The molecule has 4 nitrogen and oxygen atoms in total. The normalized spacial score (nSPS) is 10.5.